The van der Waals surface area contributed by atoms with Gasteiger partial charge >= 0.3 is 0 Å². The number of hydrogen-bond donors (Lipinski definition) is 1. The number of hydrogen-bond acceptors (Lipinski definition) is 5. The molecule has 0 aliphatic rings. The molecule has 31 heavy (non-hydrogen) atoms. The minimum absolute atomic E-state index is 0.277. The molecule has 0 atom stereocenters. The number of nitrogens with zero attached hydrogens (tertiary/aromatic N) is 5. The molecule has 7 heteroatoms. The molecule has 0 unspecified atom stereocenters. The van der Waals surface area contributed by atoms with Crippen LogP contribution >= 0.6 is 0 Å². The molecule has 4 aromatic rings. The highest BCUT2D eigenvalue weighted by molar-refractivity contribution is 5.94. The van der Waals surface area contributed by atoms with Gasteiger partial charge in [0.1, 0.15) is 0 Å². The summed E-state index contributed by atoms with van der Waals surface area (Å²) in [5, 5.41) is 16.5. The van der Waals surface area contributed by atoms with E-state index in [-0.39, 0.29) is 5.91 Å². The molecule has 3 aromatic carbocycles. The fraction of sp³-hybridized carbons (Fsp3) is 0.0417. The van der Waals surface area contributed by atoms with Crippen molar-refractivity contribution in [3.05, 3.63) is 108 Å². The summed E-state index contributed by atoms with van der Waals surface area (Å²) in [5.74, 6) is 0.303. The van der Waals surface area contributed by atoms with Gasteiger partial charge in [-0.3, -0.25) is 4.79 Å². The summed E-state index contributed by atoms with van der Waals surface area (Å²) < 4.78 is 0. The van der Waals surface area contributed by atoms with E-state index in [1.165, 1.54) is 4.80 Å². The van der Waals surface area contributed by atoms with Crippen LogP contribution in [0.3, 0.4) is 0 Å². The number of rotatable bonds is 7. The summed E-state index contributed by atoms with van der Waals surface area (Å²) in [4.78, 5) is 13.7. The third-order valence-corrected chi connectivity index (χ3v) is 4.44. The molecule has 0 spiro atoms. The van der Waals surface area contributed by atoms with Crippen LogP contribution in [-0.4, -0.2) is 32.3 Å². The number of benzene rings is 3. The Morgan fingerprint density at radius 2 is 1.65 bits per heavy atom. The van der Waals surface area contributed by atoms with Crippen molar-refractivity contribution in [1.29, 1.82) is 0 Å². The van der Waals surface area contributed by atoms with Gasteiger partial charge in [-0.2, -0.15) is 9.90 Å². The quantitative estimate of drug-likeness (QED) is 0.372. The average Bonchev–Trinajstić information content (AvgIpc) is 3.29. The molecule has 1 heterocycles. The van der Waals surface area contributed by atoms with Gasteiger partial charge in [-0.1, -0.05) is 78.9 Å². The van der Waals surface area contributed by atoms with E-state index < -0.39 is 0 Å². The molecule has 1 N–H and O–H groups in total. The zero-order chi connectivity index (χ0) is 21.3. The Kier molecular flexibility index (Phi) is 6.35. The molecule has 0 saturated carbocycles. The summed E-state index contributed by atoms with van der Waals surface area (Å²) in [6.07, 6.45) is 5.22. The van der Waals surface area contributed by atoms with Gasteiger partial charge in [0.25, 0.3) is 5.91 Å². The van der Waals surface area contributed by atoms with Crippen molar-refractivity contribution in [2.75, 3.05) is 0 Å². The van der Waals surface area contributed by atoms with E-state index in [0.717, 1.165) is 16.7 Å². The molecule has 1 aromatic heterocycles. The van der Waals surface area contributed by atoms with Crippen LogP contribution < -0.4 is 5.43 Å². The van der Waals surface area contributed by atoms with E-state index in [4.69, 9.17) is 0 Å². The molecule has 7 nitrogen and oxygen atoms in total. The van der Waals surface area contributed by atoms with Crippen molar-refractivity contribution >= 4 is 18.2 Å². The Morgan fingerprint density at radius 1 is 0.935 bits per heavy atom. The predicted molar refractivity (Wildman–Crippen MR) is 120 cm³/mol. The normalized spacial score (nSPS) is 11.2. The maximum atomic E-state index is 12.2. The molecule has 0 aliphatic heterocycles. The largest absolute Gasteiger partial charge is 0.271 e. The van der Waals surface area contributed by atoms with Gasteiger partial charge in [0.2, 0.25) is 5.82 Å². The molecule has 0 saturated heterocycles. The zero-order valence-corrected chi connectivity index (χ0v) is 16.7. The van der Waals surface area contributed by atoms with Gasteiger partial charge in [0, 0.05) is 17.3 Å². The fourth-order valence-corrected chi connectivity index (χ4v) is 2.86. The molecule has 152 valence electrons. The minimum atomic E-state index is -0.277. The van der Waals surface area contributed by atoms with Gasteiger partial charge in [0.15, 0.2) is 0 Å². The molecule has 1 amide bonds. The van der Waals surface area contributed by atoms with Crippen LogP contribution in [0.4, 0.5) is 0 Å². The van der Waals surface area contributed by atoms with Crippen LogP contribution in [0.1, 0.15) is 21.5 Å². The van der Waals surface area contributed by atoms with Crippen molar-refractivity contribution < 1.29 is 4.79 Å². The number of amides is 1. The first kappa shape index (κ1) is 19.9. The van der Waals surface area contributed by atoms with Gasteiger partial charge < -0.3 is 0 Å². The van der Waals surface area contributed by atoms with E-state index in [0.29, 0.717) is 17.9 Å². The molecule has 0 bridgehead atoms. The second-order valence-electron chi connectivity index (χ2n) is 6.70. The number of hydrazone groups is 1. The number of nitrogens with one attached hydrogen (secondary N) is 1. The number of carbonyl (C=O) groups excluding carboxylic acids is 1. The summed E-state index contributed by atoms with van der Waals surface area (Å²) in [6, 6.07) is 26.8. The predicted octanol–water partition coefficient (Wildman–Crippen LogP) is 3.82. The number of allylic oxidation sites excluding steroid dienone is 1. The molecular formula is C24H20N6O. The summed E-state index contributed by atoms with van der Waals surface area (Å²) >= 11 is 0. The van der Waals surface area contributed by atoms with E-state index in [1.54, 1.807) is 24.4 Å². The Hall–Kier alpha value is -4.39. The van der Waals surface area contributed by atoms with Crippen LogP contribution in [0.2, 0.25) is 0 Å². The molecule has 0 fully saturated rings. The van der Waals surface area contributed by atoms with Crippen LogP contribution in [0.5, 0.6) is 0 Å². The first-order chi connectivity index (χ1) is 15.3. The Morgan fingerprint density at radius 3 is 2.39 bits per heavy atom. The maximum absolute atomic E-state index is 12.2. The highest BCUT2D eigenvalue weighted by Gasteiger charge is 2.07. The van der Waals surface area contributed by atoms with Crippen LogP contribution in [0.15, 0.2) is 96.1 Å². The molecule has 0 aliphatic carbocycles. The van der Waals surface area contributed by atoms with Gasteiger partial charge in [-0.25, -0.2) is 5.43 Å². The smallest absolute Gasteiger partial charge is 0.267 e. The number of carbonyl (C=O) groups is 1. The van der Waals surface area contributed by atoms with E-state index >= 15 is 0 Å². The minimum Gasteiger partial charge on any atom is -0.267 e. The van der Waals surface area contributed by atoms with Crippen molar-refractivity contribution in [3.8, 4) is 11.4 Å². The van der Waals surface area contributed by atoms with Gasteiger partial charge in [-0.05, 0) is 34.5 Å². The average molecular weight is 408 g/mol. The Bertz CT molecular complexity index is 1180. The molecule has 4 rings (SSSR count). The van der Waals surface area contributed by atoms with Crippen LogP contribution in [0.25, 0.3) is 17.5 Å². The highest BCUT2D eigenvalue weighted by Crippen LogP contribution is 2.12. The Balaban J connectivity index is 1.31. The number of tetrazole rings is 1. The lowest BCUT2D eigenvalue weighted by Crippen LogP contribution is -2.17. The summed E-state index contributed by atoms with van der Waals surface area (Å²) in [5.41, 5.74) is 5.97. The lowest BCUT2D eigenvalue weighted by atomic mass is 10.1. The van der Waals surface area contributed by atoms with E-state index in [2.05, 4.69) is 25.9 Å². The monoisotopic (exact) mass is 408 g/mol. The lowest BCUT2D eigenvalue weighted by molar-refractivity contribution is 0.0955. The second-order valence-corrected chi connectivity index (χ2v) is 6.70. The molecule has 0 radical (unpaired) electrons. The third kappa shape index (κ3) is 5.57. The fourth-order valence-electron chi connectivity index (χ4n) is 2.86. The van der Waals surface area contributed by atoms with E-state index in [9.17, 15) is 4.79 Å². The lowest BCUT2D eigenvalue weighted by Gasteiger charge is -2.02. The first-order valence-corrected chi connectivity index (χ1v) is 9.75. The maximum Gasteiger partial charge on any atom is 0.271 e. The third-order valence-electron chi connectivity index (χ3n) is 4.44. The second kappa shape index (κ2) is 9.89. The Labute approximate surface area is 179 Å². The topological polar surface area (TPSA) is 85.1 Å². The van der Waals surface area contributed by atoms with Gasteiger partial charge in [-0.15, -0.1) is 10.2 Å². The summed E-state index contributed by atoms with van der Waals surface area (Å²) in [6.45, 7) is 0.462. The first-order valence-electron chi connectivity index (χ1n) is 9.75. The molecular weight excluding hydrogens is 388 g/mol. The van der Waals surface area contributed by atoms with Crippen molar-refractivity contribution in [2.45, 2.75) is 6.54 Å². The highest BCUT2D eigenvalue weighted by atomic mass is 16.2. The van der Waals surface area contributed by atoms with E-state index in [1.807, 2.05) is 78.9 Å². The number of aromatic nitrogens is 4. The zero-order valence-electron chi connectivity index (χ0n) is 16.7. The summed E-state index contributed by atoms with van der Waals surface area (Å²) in [7, 11) is 0. The van der Waals surface area contributed by atoms with Crippen molar-refractivity contribution in [2.24, 2.45) is 5.10 Å². The standard InChI is InChI=1S/C24H20N6O/c31-24(27-25-17-7-10-19-8-3-1-4-9-19)22-15-13-20(14-16-22)18-30-28-23(26-29-30)21-11-5-2-6-12-21/h1-17H,18H2,(H,27,31)/b10-7+,25-17+. The van der Waals surface area contributed by atoms with Crippen LogP contribution in [-0.2, 0) is 6.54 Å². The van der Waals surface area contributed by atoms with Gasteiger partial charge in [0.05, 0.1) is 6.54 Å². The van der Waals surface area contributed by atoms with Crippen LogP contribution in [0, 0.1) is 0 Å². The van der Waals surface area contributed by atoms with Crippen molar-refractivity contribution in [1.82, 2.24) is 25.6 Å². The SMILES string of the molecule is O=C(N/N=C/C=C/c1ccccc1)c1ccc(Cn2nnc(-c3ccccc3)n2)cc1. The van der Waals surface area contributed by atoms with Crippen molar-refractivity contribution in [3.63, 3.8) is 0 Å².